The third kappa shape index (κ3) is 6.16. The van der Waals surface area contributed by atoms with Gasteiger partial charge in [0.05, 0.1) is 12.2 Å². The Balaban J connectivity index is 1.35. The Bertz CT molecular complexity index is 766. The van der Waals surface area contributed by atoms with Gasteiger partial charge >= 0.3 is 0 Å². The zero-order valence-corrected chi connectivity index (χ0v) is 18.3. The molecule has 164 valence electrons. The maximum absolute atomic E-state index is 5.47. The summed E-state index contributed by atoms with van der Waals surface area (Å²) in [6, 6.07) is 3.90. The zero-order chi connectivity index (χ0) is 21.2. The fraction of sp³-hybridized carbons (Fsp3) is 0.619. The first kappa shape index (κ1) is 22.0. The van der Waals surface area contributed by atoms with Crippen molar-refractivity contribution in [2.45, 2.75) is 39.2 Å². The Morgan fingerprint density at radius 1 is 1.13 bits per heavy atom. The lowest BCUT2D eigenvalue weighted by Gasteiger charge is -2.34. The molecule has 0 amide bonds. The first-order valence-corrected chi connectivity index (χ1v) is 10.9. The Morgan fingerprint density at radius 3 is 2.53 bits per heavy atom. The number of aromatic nitrogens is 3. The van der Waals surface area contributed by atoms with Crippen molar-refractivity contribution in [1.29, 1.82) is 0 Å². The van der Waals surface area contributed by atoms with E-state index in [-0.39, 0.29) is 0 Å². The van der Waals surface area contributed by atoms with Gasteiger partial charge in [0.15, 0.2) is 11.7 Å². The molecule has 2 aromatic heterocycles. The standard InChI is InChI=1S/C21H34N8O/c1-4-17(5-2)19-15-18(30-27-19)16-26-20(22-3)23-9-10-28-11-13-29(14-12-28)21-24-7-6-8-25-21/h6-8,15,17H,4-5,9-14,16H2,1-3H3,(H2,22,23,26). The lowest BCUT2D eigenvalue weighted by atomic mass is 9.99. The molecular formula is C21H34N8O. The van der Waals surface area contributed by atoms with Crippen LogP contribution in [0.1, 0.15) is 44.1 Å². The number of hydrogen-bond acceptors (Lipinski definition) is 7. The highest BCUT2D eigenvalue weighted by molar-refractivity contribution is 5.79. The van der Waals surface area contributed by atoms with Gasteiger partial charge in [-0.15, -0.1) is 0 Å². The monoisotopic (exact) mass is 414 g/mol. The van der Waals surface area contributed by atoms with E-state index in [1.54, 1.807) is 19.4 Å². The molecule has 0 saturated carbocycles. The van der Waals surface area contributed by atoms with E-state index < -0.39 is 0 Å². The SMILES string of the molecule is CCC(CC)c1cc(CNC(=NC)NCCN2CCN(c3ncccn3)CC2)on1. The molecule has 1 saturated heterocycles. The first-order valence-electron chi connectivity index (χ1n) is 10.9. The van der Waals surface area contributed by atoms with Crippen LogP contribution >= 0.6 is 0 Å². The van der Waals surface area contributed by atoms with Crippen LogP contribution in [0.15, 0.2) is 34.0 Å². The molecule has 1 fully saturated rings. The quantitative estimate of drug-likeness (QED) is 0.474. The summed E-state index contributed by atoms with van der Waals surface area (Å²) in [4.78, 5) is 17.7. The van der Waals surface area contributed by atoms with Crippen molar-refractivity contribution < 1.29 is 4.52 Å². The van der Waals surface area contributed by atoms with Crippen LogP contribution in [0.25, 0.3) is 0 Å². The Morgan fingerprint density at radius 2 is 1.87 bits per heavy atom. The van der Waals surface area contributed by atoms with Crippen molar-refractivity contribution >= 4 is 11.9 Å². The molecule has 9 nitrogen and oxygen atoms in total. The second-order valence-corrected chi connectivity index (χ2v) is 7.46. The summed E-state index contributed by atoms with van der Waals surface area (Å²) in [7, 11) is 1.78. The molecule has 9 heteroatoms. The number of nitrogens with zero attached hydrogens (tertiary/aromatic N) is 6. The van der Waals surface area contributed by atoms with E-state index in [2.05, 4.69) is 54.4 Å². The molecule has 0 radical (unpaired) electrons. The molecule has 0 bridgehead atoms. The van der Waals surface area contributed by atoms with E-state index in [1.807, 2.05) is 12.1 Å². The molecule has 2 aromatic rings. The summed E-state index contributed by atoms with van der Waals surface area (Å²) in [6.45, 7) is 10.6. The first-order chi connectivity index (χ1) is 14.7. The van der Waals surface area contributed by atoms with Gasteiger partial charge in [0.25, 0.3) is 0 Å². The van der Waals surface area contributed by atoms with E-state index in [9.17, 15) is 0 Å². The van der Waals surface area contributed by atoms with E-state index in [1.165, 1.54) is 0 Å². The van der Waals surface area contributed by atoms with Crippen molar-refractivity contribution in [3.63, 3.8) is 0 Å². The Hall–Kier alpha value is -2.68. The molecule has 0 aromatic carbocycles. The van der Waals surface area contributed by atoms with E-state index in [0.717, 1.165) is 75.5 Å². The Labute approximate surface area is 179 Å². The number of anilines is 1. The lowest BCUT2D eigenvalue weighted by molar-refractivity contribution is 0.260. The van der Waals surface area contributed by atoms with Crippen LogP contribution < -0.4 is 15.5 Å². The normalized spacial score (nSPS) is 15.6. The van der Waals surface area contributed by atoms with Gasteiger partial charge in [-0.1, -0.05) is 19.0 Å². The number of nitrogens with one attached hydrogen (secondary N) is 2. The predicted octanol–water partition coefficient (Wildman–Crippen LogP) is 1.86. The van der Waals surface area contributed by atoms with Gasteiger partial charge in [-0.3, -0.25) is 9.89 Å². The lowest BCUT2D eigenvalue weighted by Crippen LogP contribution is -2.49. The predicted molar refractivity (Wildman–Crippen MR) is 119 cm³/mol. The minimum absolute atomic E-state index is 0.467. The summed E-state index contributed by atoms with van der Waals surface area (Å²) in [5.74, 6) is 2.89. The molecular weight excluding hydrogens is 380 g/mol. The average molecular weight is 415 g/mol. The van der Waals surface area contributed by atoms with Gasteiger partial charge in [-0.2, -0.15) is 0 Å². The fourth-order valence-electron chi connectivity index (χ4n) is 3.66. The molecule has 3 rings (SSSR count). The number of guanidine groups is 1. The largest absolute Gasteiger partial charge is 0.359 e. The van der Waals surface area contributed by atoms with Crippen LogP contribution in [0.5, 0.6) is 0 Å². The molecule has 1 aliphatic heterocycles. The summed E-state index contributed by atoms with van der Waals surface area (Å²) < 4.78 is 5.47. The number of aliphatic imine (C=N–C) groups is 1. The summed E-state index contributed by atoms with van der Waals surface area (Å²) >= 11 is 0. The second kappa shape index (κ2) is 11.5. The molecule has 0 unspecified atom stereocenters. The molecule has 30 heavy (non-hydrogen) atoms. The topological polar surface area (TPSA) is 94.7 Å². The van der Waals surface area contributed by atoms with Crippen molar-refractivity contribution in [2.75, 3.05) is 51.2 Å². The maximum Gasteiger partial charge on any atom is 0.225 e. The van der Waals surface area contributed by atoms with E-state index in [4.69, 9.17) is 4.52 Å². The Kier molecular flexibility index (Phi) is 8.43. The highest BCUT2D eigenvalue weighted by Gasteiger charge is 2.18. The molecule has 3 heterocycles. The van der Waals surface area contributed by atoms with Gasteiger partial charge in [0.1, 0.15) is 0 Å². The van der Waals surface area contributed by atoms with E-state index >= 15 is 0 Å². The second-order valence-electron chi connectivity index (χ2n) is 7.46. The van der Waals surface area contributed by atoms with Gasteiger partial charge in [0, 0.05) is 70.7 Å². The molecule has 0 aliphatic carbocycles. The third-order valence-corrected chi connectivity index (χ3v) is 5.56. The number of rotatable bonds is 9. The molecule has 2 N–H and O–H groups in total. The van der Waals surface area contributed by atoms with Crippen LogP contribution in [-0.4, -0.2) is 72.3 Å². The van der Waals surface area contributed by atoms with E-state index in [0.29, 0.717) is 12.5 Å². The minimum atomic E-state index is 0.467. The summed E-state index contributed by atoms with van der Waals surface area (Å²) in [5.41, 5.74) is 1.04. The van der Waals surface area contributed by atoms with Crippen LogP contribution in [0.2, 0.25) is 0 Å². The van der Waals surface area contributed by atoms with Gasteiger partial charge in [-0.25, -0.2) is 9.97 Å². The van der Waals surface area contributed by atoms with Crippen LogP contribution in [0, 0.1) is 0 Å². The van der Waals surface area contributed by atoms with Gasteiger partial charge < -0.3 is 20.1 Å². The molecule has 0 atom stereocenters. The average Bonchev–Trinajstić information content (AvgIpc) is 3.27. The number of piperazine rings is 1. The van der Waals surface area contributed by atoms with Crippen LogP contribution in [0.3, 0.4) is 0 Å². The fourth-order valence-corrected chi connectivity index (χ4v) is 3.66. The van der Waals surface area contributed by atoms with Crippen molar-refractivity contribution in [3.8, 4) is 0 Å². The van der Waals surface area contributed by atoms with Crippen molar-refractivity contribution in [1.82, 2.24) is 30.7 Å². The maximum atomic E-state index is 5.47. The highest BCUT2D eigenvalue weighted by atomic mass is 16.5. The molecule has 0 spiro atoms. The summed E-state index contributed by atoms with van der Waals surface area (Å²) in [5, 5.41) is 10.9. The van der Waals surface area contributed by atoms with Crippen LogP contribution in [0.4, 0.5) is 5.95 Å². The smallest absolute Gasteiger partial charge is 0.225 e. The highest BCUT2D eigenvalue weighted by Crippen LogP contribution is 2.22. The van der Waals surface area contributed by atoms with Gasteiger partial charge in [0.2, 0.25) is 5.95 Å². The third-order valence-electron chi connectivity index (χ3n) is 5.56. The number of hydrogen-bond donors (Lipinski definition) is 2. The van der Waals surface area contributed by atoms with Gasteiger partial charge in [-0.05, 0) is 18.9 Å². The minimum Gasteiger partial charge on any atom is -0.359 e. The zero-order valence-electron chi connectivity index (χ0n) is 18.3. The van der Waals surface area contributed by atoms with Crippen molar-refractivity contribution in [3.05, 3.63) is 36.0 Å². The van der Waals surface area contributed by atoms with Crippen LogP contribution in [-0.2, 0) is 6.54 Å². The molecule has 1 aliphatic rings. The summed E-state index contributed by atoms with van der Waals surface area (Å²) in [6.07, 6.45) is 5.74. The van der Waals surface area contributed by atoms with Crippen molar-refractivity contribution in [2.24, 2.45) is 4.99 Å².